The predicted molar refractivity (Wildman–Crippen MR) is 75.3 cm³/mol. The number of nitrogens with zero attached hydrogens (tertiary/aromatic N) is 2. The summed E-state index contributed by atoms with van der Waals surface area (Å²) in [5.74, 6) is 1.85. The maximum Gasteiger partial charge on any atom is 0.229 e. The average Bonchev–Trinajstić information content (AvgIpc) is 2.73. The molecule has 6 heteroatoms. The SMILES string of the molecule is CC(C)c1nc(CCNC(=O)[C@@H]2CCCNCC2)no1. The maximum absolute atomic E-state index is 12.1. The summed E-state index contributed by atoms with van der Waals surface area (Å²) in [5, 5.41) is 10.2. The van der Waals surface area contributed by atoms with E-state index in [2.05, 4.69) is 20.8 Å². The molecule has 2 N–H and O–H groups in total. The second-order valence-electron chi connectivity index (χ2n) is 5.62. The van der Waals surface area contributed by atoms with Gasteiger partial charge in [0.25, 0.3) is 0 Å². The molecular formula is C14H24N4O2. The molecule has 2 rings (SSSR count). The molecule has 0 radical (unpaired) electrons. The van der Waals surface area contributed by atoms with E-state index in [-0.39, 0.29) is 17.7 Å². The highest BCUT2D eigenvalue weighted by Crippen LogP contribution is 2.13. The van der Waals surface area contributed by atoms with Gasteiger partial charge >= 0.3 is 0 Å². The lowest BCUT2D eigenvalue weighted by Gasteiger charge is -2.13. The summed E-state index contributed by atoms with van der Waals surface area (Å²) >= 11 is 0. The molecule has 0 aromatic carbocycles. The van der Waals surface area contributed by atoms with E-state index >= 15 is 0 Å². The Hall–Kier alpha value is -1.43. The van der Waals surface area contributed by atoms with Gasteiger partial charge in [-0.2, -0.15) is 4.98 Å². The molecule has 0 aliphatic carbocycles. The second-order valence-corrected chi connectivity index (χ2v) is 5.62. The Morgan fingerprint density at radius 1 is 1.45 bits per heavy atom. The average molecular weight is 280 g/mol. The number of hydrogen-bond donors (Lipinski definition) is 2. The summed E-state index contributed by atoms with van der Waals surface area (Å²) in [6, 6.07) is 0. The molecule has 1 atom stereocenters. The minimum absolute atomic E-state index is 0.140. The zero-order valence-corrected chi connectivity index (χ0v) is 12.3. The van der Waals surface area contributed by atoms with Crippen molar-refractivity contribution in [3.63, 3.8) is 0 Å². The van der Waals surface area contributed by atoms with Crippen LogP contribution in [-0.2, 0) is 11.2 Å². The lowest BCUT2D eigenvalue weighted by atomic mass is 10.00. The summed E-state index contributed by atoms with van der Waals surface area (Å²) in [7, 11) is 0. The van der Waals surface area contributed by atoms with Crippen LogP contribution in [0.4, 0.5) is 0 Å². The van der Waals surface area contributed by atoms with Gasteiger partial charge in [-0.1, -0.05) is 19.0 Å². The molecule has 1 aromatic heterocycles. The van der Waals surface area contributed by atoms with Crippen molar-refractivity contribution in [1.29, 1.82) is 0 Å². The molecule has 20 heavy (non-hydrogen) atoms. The first-order valence-electron chi connectivity index (χ1n) is 7.47. The van der Waals surface area contributed by atoms with Crippen LogP contribution in [0.2, 0.25) is 0 Å². The monoisotopic (exact) mass is 280 g/mol. The van der Waals surface area contributed by atoms with E-state index in [4.69, 9.17) is 4.52 Å². The van der Waals surface area contributed by atoms with Crippen molar-refractivity contribution in [3.8, 4) is 0 Å². The number of aromatic nitrogens is 2. The Morgan fingerprint density at radius 3 is 3.05 bits per heavy atom. The van der Waals surface area contributed by atoms with Gasteiger partial charge in [0.2, 0.25) is 11.8 Å². The van der Waals surface area contributed by atoms with Gasteiger partial charge in [0.1, 0.15) is 0 Å². The van der Waals surface area contributed by atoms with E-state index < -0.39 is 0 Å². The summed E-state index contributed by atoms with van der Waals surface area (Å²) in [6.45, 7) is 6.55. The van der Waals surface area contributed by atoms with Crippen molar-refractivity contribution in [2.45, 2.75) is 45.4 Å². The van der Waals surface area contributed by atoms with Crippen LogP contribution in [0.3, 0.4) is 0 Å². The fourth-order valence-electron chi connectivity index (χ4n) is 2.33. The van der Waals surface area contributed by atoms with E-state index in [9.17, 15) is 4.79 Å². The number of rotatable bonds is 5. The molecule has 0 unspecified atom stereocenters. The first-order chi connectivity index (χ1) is 9.66. The van der Waals surface area contributed by atoms with E-state index in [1.54, 1.807) is 0 Å². The largest absolute Gasteiger partial charge is 0.355 e. The quantitative estimate of drug-likeness (QED) is 0.848. The lowest BCUT2D eigenvalue weighted by molar-refractivity contribution is -0.125. The Morgan fingerprint density at radius 2 is 2.30 bits per heavy atom. The smallest absolute Gasteiger partial charge is 0.229 e. The molecule has 112 valence electrons. The topological polar surface area (TPSA) is 80.0 Å². The highest BCUT2D eigenvalue weighted by Gasteiger charge is 2.19. The van der Waals surface area contributed by atoms with Crippen molar-refractivity contribution < 1.29 is 9.32 Å². The van der Waals surface area contributed by atoms with Gasteiger partial charge in [-0.15, -0.1) is 0 Å². The maximum atomic E-state index is 12.1. The molecule has 1 fully saturated rings. The van der Waals surface area contributed by atoms with Crippen molar-refractivity contribution in [2.24, 2.45) is 5.92 Å². The minimum Gasteiger partial charge on any atom is -0.355 e. The number of carbonyl (C=O) groups excluding carboxylic acids is 1. The normalized spacial score (nSPS) is 19.9. The molecule has 1 aliphatic heterocycles. The minimum atomic E-state index is 0.140. The number of carbonyl (C=O) groups is 1. The number of nitrogens with one attached hydrogen (secondary N) is 2. The molecule has 6 nitrogen and oxygen atoms in total. The van der Waals surface area contributed by atoms with Crippen molar-refractivity contribution >= 4 is 5.91 Å². The number of amides is 1. The zero-order valence-electron chi connectivity index (χ0n) is 12.3. The Bertz CT molecular complexity index is 423. The summed E-state index contributed by atoms with van der Waals surface area (Å²) in [6.07, 6.45) is 3.58. The summed E-state index contributed by atoms with van der Waals surface area (Å²) < 4.78 is 5.13. The van der Waals surface area contributed by atoms with E-state index in [1.165, 1.54) is 0 Å². The molecule has 0 spiro atoms. The highest BCUT2D eigenvalue weighted by atomic mass is 16.5. The third-order valence-corrected chi connectivity index (χ3v) is 3.57. The highest BCUT2D eigenvalue weighted by molar-refractivity contribution is 5.78. The fraction of sp³-hybridized carbons (Fsp3) is 0.786. The Labute approximate surface area is 119 Å². The van der Waals surface area contributed by atoms with E-state index in [1.807, 2.05) is 13.8 Å². The van der Waals surface area contributed by atoms with Crippen LogP contribution in [0, 0.1) is 5.92 Å². The van der Waals surface area contributed by atoms with Crippen molar-refractivity contribution in [1.82, 2.24) is 20.8 Å². The summed E-state index contributed by atoms with van der Waals surface area (Å²) in [4.78, 5) is 16.3. The summed E-state index contributed by atoms with van der Waals surface area (Å²) in [5.41, 5.74) is 0. The lowest BCUT2D eigenvalue weighted by Crippen LogP contribution is -2.32. The molecule has 1 aromatic rings. The van der Waals surface area contributed by atoms with Crippen LogP contribution in [0.25, 0.3) is 0 Å². The first kappa shape index (κ1) is 15.0. The van der Waals surface area contributed by atoms with Gasteiger partial charge in [-0.25, -0.2) is 0 Å². The van der Waals surface area contributed by atoms with Crippen molar-refractivity contribution in [3.05, 3.63) is 11.7 Å². The van der Waals surface area contributed by atoms with Crippen LogP contribution in [0.15, 0.2) is 4.52 Å². The molecule has 2 heterocycles. The fourth-order valence-corrected chi connectivity index (χ4v) is 2.33. The van der Waals surface area contributed by atoms with Crippen LogP contribution in [0.5, 0.6) is 0 Å². The molecule has 0 saturated carbocycles. The second kappa shape index (κ2) is 7.38. The molecule has 0 bridgehead atoms. The standard InChI is InChI=1S/C14H24N4O2/c1-10(2)14-17-12(18-20-14)6-9-16-13(19)11-4-3-7-15-8-5-11/h10-11,15H,3-9H2,1-2H3,(H,16,19)/t11-/m1/s1. The Kier molecular flexibility index (Phi) is 5.52. The van der Waals surface area contributed by atoms with Gasteiger partial charge < -0.3 is 15.2 Å². The van der Waals surface area contributed by atoms with Crippen LogP contribution in [-0.4, -0.2) is 35.7 Å². The van der Waals surface area contributed by atoms with Gasteiger partial charge in [0, 0.05) is 24.8 Å². The molecular weight excluding hydrogens is 256 g/mol. The van der Waals surface area contributed by atoms with Crippen molar-refractivity contribution in [2.75, 3.05) is 19.6 Å². The van der Waals surface area contributed by atoms with Crippen LogP contribution < -0.4 is 10.6 Å². The molecule has 1 saturated heterocycles. The van der Waals surface area contributed by atoms with Gasteiger partial charge in [-0.05, 0) is 32.4 Å². The van der Waals surface area contributed by atoms with E-state index in [0.717, 1.165) is 32.4 Å². The zero-order chi connectivity index (χ0) is 14.4. The Balaban J connectivity index is 1.72. The third kappa shape index (κ3) is 4.30. The van der Waals surface area contributed by atoms with Crippen LogP contribution in [0.1, 0.15) is 50.7 Å². The first-order valence-corrected chi connectivity index (χ1v) is 7.47. The van der Waals surface area contributed by atoms with Gasteiger partial charge in [0.15, 0.2) is 5.82 Å². The van der Waals surface area contributed by atoms with Gasteiger partial charge in [-0.3, -0.25) is 4.79 Å². The van der Waals surface area contributed by atoms with E-state index in [0.29, 0.717) is 24.7 Å². The predicted octanol–water partition coefficient (Wildman–Crippen LogP) is 1.24. The third-order valence-electron chi connectivity index (χ3n) is 3.57. The van der Waals surface area contributed by atoms with Gasteiger partial charge in [0.05, 0.1) is 0 Å². The molecule has 1 amide bonds. The van der Waals surface area contributed by atoms with Crippen LogP contribution >= 0.6 is 0 Å². The number of hydrogen-bond acceptors (Lipinski definition) is 5. The molecule has 1 aliphatic rings.